The van der Waals surface area contributed by atoms with Crippen molar-refractivity contribution in [1.29, 1.82) is 0 Å². The molecular weight excluding hydrogens is 210 g/mol. The molecule has 92 valence electrons. The van der Waals surface area contributed by atoms with Crippen LogP contribution in [0.15, 0.2) is 18.2 Å². The van der Waals surface area contributed by atoms with Gasteiger partial charge in [-0.25, -0.2) is 0 Å². The highest BCUT2D eigenvalue weighted by atomic mass is 16.5. The van der Waals surface area contributed by atoms with Crippen LogP contribution in [-0.2, 0) is 11.8 Å². The lowest BCUT2D eigenvalue weighted by Crippen LogP contribution is -2.33. The summed E-state index contributed by atoms with van der Waals surface area (Å²) in [6.07, 6.45) is 5.08. The van der Waals surface area contributed by atoms with E-state index < -0.39 is 0 Å². The van der Waals surface area contributed by atoms with E-state index in [4.69, 9.17) is 10.5 Å². The Kier molecular flexibility index (Phi) is 2.44. The van der Waals surface area contributed by atoms with Gasteiger partial charge in [-0.3, -0.25) is 0 Å². The molecular formula is C15H21NO. The predicted octanol–water partition coefficient (Wildman–Crippen LogP) is 2.78. The van der Waals surface area contributed by atoms with E-state index in [9.17, 15) is 0 Å². The molecule has 1 aromatic rings. The molecule has 1 aliphatic carbocycles. The van der Waals surface area contributed by atoms with Crippen LogP contribution in [0.5, 0.6) is 5.75 Å². The first kappa shape index (κ1) is 11.1. The number of benzene rings is 1. The molecule has 0 radical (unpaired) electrons. The average molecular weight is 231 g/mol. The molecule has 2 atom stereocenters. The standard InChI is InChI=1S/C15H21NO/c1-10-6-7-12-13(4-3-5-14(12)17-10)15(8-9-15)11(2)16/h3-5,10-11H,6-9,16H2,1-2H3. The first-order chi connectivity index (χ1) is 8.13. The van der Waals surface area contributed by atoms with Gasteiger partial charge in [-0.05, 0) is 56.7 Å². The molecule has 2 aliphatic rings. The van der Waals surface area contributed by atoms with Crippen molar-refractivity contribution < 1.29 is 4.74 Å². The second-order valence-electron chi connectivity index (χ2n) is 5.69. The molecule has 2 unspecified atom stereocenters. The van der Waals surface area contributed by atoms with E-state index in [0.717, 1.165) is 18.6 Å². The Morgan fingerprint density at radius 3 is 2.82 bits per heavy atom. The lowest BCUT2D eigenvalue weighted by molar-refractivity contribution is 0.191. The molecule has 1 aliphatic heterocycles. The lowest BCUT2D eigenvalue weighted by Gasteiger charge is -2.29. The van der Waals surface area contributed by atoms with Crippen LogP contribution in [0.25, 0.3) is 0 Å². The minimum Gasteiger partial charge on any atom is -0.490 e. The van der Waals surface area contributed by atoms with Crippen LogP contribution in [0.4, 0.5) is 0 Å². The zero-order chi connectivity index (χ0) is 12.0. The van der Waals surface area contributed by atoms with Crippen molar-refractivity contribution in [3.8, 4) is 5.75 Å². The van der Waals surface area contributed by atoms with Crippen molar-refractivity contribution in [3.05, 3.63) is 29.3 Å². The molecule has 1 heterocycles. The number of rotatable bonds is 2. The normalized spacial score (nSPS) is 26.9. The molecule has 17 heavy (non-hydrogen) atoms. The summed E-state index contributed by atoms with van der Waals surface area (Å²) in [7, 11) is 0. The third kappa shape index (κ3) is 1.66. The maximum absolute atomic E-state index is 6.18. The molecule has 1 aromatic carbocycles. The highest BCUT2D eigenvalue weighted by molar-refractivity contribution is 5.48. The highest BCUT2D eigenvalue weighted by Crippen LogP contribution is 2.53. The zero-order valence-electron chi connectivity index (χ0n) is 10.7. The van der Waals surface area contributed by atoms with E-state index in [2.05, 4.69) is 32.0 Å². The van der Waals surface area contributed by atoms with E-state index in [1.165, 1.54) is 24.0 Å². The quantitative estimate of drug-likeness (QED) is 0.849. The largest absolute Gasteiger partial charge is 0.490 e. The Morgan fingerprint density at radius 2 is 2.18 bits per heavy atom. The molecule has 2 N–H and O–H groups in total. The first-order valence-corrected chi connectivity index (χ1v) is 6.68. The number of ether oxygens (including phenoxy) is 1. The van der Waals surface area contributed by atoms with Crippen LogP contribution in [0.3, 0.4) is 0 Å². The van der Waals surface area contributed by atoms with Crippen LogP contribution < -0.4 is 10.5 Å². The van der Waals surface area contributed by atoms with E-state index >= 15 is 0 Å². The molecule has 3 rings (SSSR count). The second kappa shape index (κ2) is 3.74. The van der Waals surface area contributed by atoms with Crippen molar-refractivity contribution >= 4 is 0 Å². The molecule has 0 spiro atoms. The van der Waals surface area contributed by atoms with Crippen molar-refractivity contribution in [2.75, 3.05) is 0 Å². The zero-order valence-corrected chi connectivity index (χ0v) is 10.7. The van der Waals surface area contributed by atoms with Crippen LogP contribution in [0.1, 0.15) is 44.2 Å². The van der Waals surface area contributed by atoms with Crippen LogP contribution in [0.2, 0.25) is 0 Å². The van der Waals surface area contributed by atoms with E-state index in [1.807, 2.05) is 0 Å². The molecule has 0 saturated heterocycles. The van der Waals surface area contributed by atoms with Gasteiger partial charge >= 0.3 is 0 Å². The summed E-state index contributed by atoms with van der Waals surface area (Å²) >= 11 is 0. The van der Waals surface area contributed by atoms with E-state index in [1.54, 1.807) is 0 Å². The molecule has 0 bridgehead atoms. The highest BCUT2D eigenvalue weighted by Gasteiger charge is 2.49. The predicted molar refractivity (Wildman–Crippen MR) is 69.4 cm³/mol. The Bertz CT molecular complexity index is 435. The molecule has 1 fully saturated rings. The smallest absolute Gasteiger partial charge is 0.123 e. The molecule has 2 heteroatoms. The van der Waals surface area contributed by atoms with Gasteiger partial charge in [-0.1, -0.05) is 12.1 Å². The van der Waals surface area contributed by atoms with Gasteiger partial charge in [0.05, 0.1) is 6.10 Å². The topological polar surface area (TPSA) is 35.2 Å². The van der Waals surface area contributed by atoms with Crippen molar-refractivity contribution in [1.82, 2.24) is 0 Å². The Hall–Kier alpha value is -1.02. The van der Waals surface area contributed by atoms with Gasteiger partial charge in [0.1, 0.15) is 5.75 Å². The Balaban J connectivity index is 2.04. The molecule has 1 saturated carbocycles. The number of nitrogens with two attached hydrogens (primary N) is 1. The van der Waals surface area contributed by atoms with Gasteiger partial charge in [0.15, 0.2) is 0 Å². The van der Waals surface area contributed by atoms with Gasteiger partial charge in [-0.15, -0.1) is 0 Å². The van der Waals surface area contributed by atoms with Gasteiger partial charge in [0.25, 0.3) is 0 Å². The van der Waals surface area contributed by atoms with Gasteiger partial charge in [0.2, 0.25) is 0 Å². The average Bonchev–Trinajstić information content (AvgIpc) is 3.09. The fraction of sp³-hybridized carbons (Fsp3) is 0.600. The SMILES string of the molecule is CC1CCc2c(cccc2C2(C(C)N)CC2)O1. The number of hydrogen-bond donors (Lipinski definition) is 1. The van der Waals surface area contributed by atoms with Gasteiger partial charge < -0.3 is 10.5 Å². The summed E-state index contributed by atoms with van der Waals surface area (Å²) in [6.45, 7) is 4.28. The van der Waals surface area contributed by atoms with Crippen LogP contribution >= 0.6 is 0 Å². The molecule has 0 aromatic heterocycles. The van der Waals surface area contributed by atoms with E-state index in [-0.39, 0.29) is 11.5 Å². The van der Waals surface area contributed by atoms with E-state index in [0.29, 0.717) is 6.10 Å². The van der Waals surface area contributed by atoms with Crippen molar-refractivity contribution in [2.45, 2.75) is 57.1 Å². The first-order valence-electron chi connectivity index (χ1n) is 6.68. The van der Waals surface area contributed by atoms with Gasteiger partial charge in [-0.2, -0.15) is 0 Å². The summed E-state index contributed by atoms with van der Waals surface area (Å²) in [5.74, 6) is 1.09. The summed E-state index contributed by atoms with van der Waals surface area (Å²) in [4.78, 5) is 0. The van der Waals surface area contributed by atoms with Crippen LogP contribution in [-0.4, -0.2) is 12.1 Å². The monoisotopic (exact) mass is 231 g/mol. The number of fused-ring (bicyclic) bond motifs is 1. The summed E-state index contributed by atoms with van der Waals surface area (Å²) in [6, 6.07) is 6.72. The minimum absolute atomic E-state index is 0.244. The molecule has 2 nitrogen and oxygen atoms in total. The van der Waals surface area contributed by atoms with Crippen molar-refractivity contribution in [2.24, 2.45) is 5.73 Å². The maximum atomic E-state index is 6.18. The maximum Gasteiger partial charge on any atom is 0.123 e. The Morgan fingerprint density at radius 1 is 1.41 bits per heavy atom. The summed E-state index contributed by atoms with van der Waals surface area (Å²) in [5, 5.41) is 0. The third-order valence-corrected chi connectivity index (χ3v) is 4.46. The van der Waals surface area contributed by atoms with Crippen LogP contribution in [0, 0.1) is 0 Å². The van der Waals surface area contributed by atoms with Gasteiger partial charge in [0, 0.05) is 11.5 Å². The second-order valence-corrected chi connectivity index (χ2v) is 5.69. The summed E-state index contributed by atoms with van der Waals surface area (Å²) in [5.41, 5.74) is 9.30. The number of hydrogen-bond acceptors (Lipinski definition) is 2. The third-order valence-electron chi connectivity index (χ3n) is 4.46. The molecule has 0 amide bonds. The Labute approximate surface area is 103 Å². The lowest BCUT2D eigenvalue weighted by atomic mass is 9.83. The fourth-order valence-electron chi connectivity index (χ4n) is 3.13. The summed E-state index contributed by atoms with van der Waals surface area (Å²) < 4.78 is 5.93. The van der Waals surface area contributed by atoms with Crippen molar-refractivity contribution in [3.63, 3.8) is 0 Å². The minimum atomic E-state index is 0.244. The fourth-order valence-corrected chi connectivity index (χ4v) is 3.13.